The highest BCUT2D eigenvalue weighted by atomic mass is 32.2. The van der Waals surface area contributed by atoms with E-state index in [9.17, 15) is 9.90 Å². The minimum Gasteiger partial charge on any atom is -0.396 e. The van der Waals surface area contributed by atoms with Crippen LogP contribution < -0.4 is 5.32 Å². The largest absolute Gasteiger partial charge is 0.396 e. The predicted octanol–water partition coefficient (Wildman–Crippen LogP) is 2.08. The first-order valence-electron chi connectivity index (χ1n) is 6.66. The van der Waals surface area contributed by atoms with Gasteiger partial charge in [-0.3, -0.25) is 4.79 Å². The fourth-order valence-electron chi connectivity index (χ4n) is 2.50. The molecule has 2 rings (SSSR count). The summed E-state index contributed by atoms with van der Waals surface area (Å²) in [7, 11) is 0. The molecule has 0 spiro atoms. The first kappa shape index (κ1) is 14.3. The number of aliphatic hydroxyl groups excluding tert-OH is 1. The maximum absolute atomic E-state index is 12.1. The van der Waals surface area contributed by atoms with Crippen molar-refractivity contribution >= 4 is 17.7 Å². The molecule has 0 bridgehead atoms. The summed E-state index contributed by atoms with van der Waals surface area (Å²) in [4.78, 5) is 16.3. The van der Waals surface area contributed by atoms with Crippen molar-refractivity contribution in [1.29, 1.82) is 0 Å². The number of nitrogens with one attached hydrogen (secondary N) is 1. The third-order valence-corrected chi connectivity index (χ3v) is 4.33. The Morgan fingerprint density at radius 2 is 2.26 bits per heavy atom. The molecule has 1 aliphatic rings. The van der Waals surface area contributed by atoms with E-state index in [4.69, 9.17) is 0 Å². The van der Waals surface area contributed by atoms with Gasteiger partial charge in [0, 0.05) is 24.8 Å². The molecule has 1 aromatic rings. The molecule has 0 radical (unpaired) electrons. The molecule has 1 aromatic heterocycles. The Morgan fingerprint density at radius 1 is 1.47 bits per heavy atom. The van der Waals surface area contributed by atoms with E-state index in [0.717, 1.165) is 30.7 Å². The zero-order valence-electron chi connectivity index (χ0n) is 11.1. The van der Waals surface area contributed by atoms with Crippen molar-refractivity contribution in [3.63, 3.8) is 0 Å². The van der Waals surface area contributed by atoms with Gasteiger partial charge in [-0.2, -0.15) is 0 Å². The number of carbonyl (C=O) groups is 1. The van der Waals surface area contributed by atoms with Gasteiger partial charge in [0.25, 0.3) is 5.91 Å². The summed E-state index contributed by atoms with van der Waals surface area (Å²) in [5.41, 5.74) is 0.583. The van der Waals surface area contributed by atoms with Crippen molar-refractivity contribution in [1.82, 2.24) is 10.3 Å². The Morgan fingerprint density at radius 3 is 2.89 bits per heavy atom. The minimum atomic E-state index is -0.0921. The van der Waals surface area contributed by atoms with Crippen molar-refractivity contribution in [2.45, 2.75) is 36.8 Å². The molecule has 1 heterocycles. The topological polar surface area (TPSA) is 62.2 Å². The van der Waals surface area contributed by atoms with Crippen molar-refractivity contribution in [3.8, 4) is 0 Å². The molecule has 0 saturated heterocycles. The molecule has 1 saturated carbocycles. The lowest BCUT2D eigenvalue weighted by molar-refractivity contribution is 0.0872. The van der Waals surface area contributed by atoms with Gasteiger partial charge in [-0.25, -0.2) is 4.98 Å². The second-order valence-corrected chi connectivity index (χ2v) is 5.72. The zero-order chi connectivity index (χ0) is 13.7. The number of amides is 1. The second kappa shape index (κ2) is 6.91. The highest BCUT2D eigenvalue weighted by Crippen LogP contribution is 2.24. The molecule has 0 aromatic carbocycles. The van der Waals surface area contributed by atoms with E-state index in [1.165, 1.54) is 0 Å². The summed E-state index contributed by atoms with van der Waals surface area (Å²) in [5, 5.41) is 13.3. The van der Waals surface area contributed by atoms with Gasteiger partial charge in [-0.1, -0.05) is 12.8 Å². The predicted molar refractivity (Wildman–Crippen MR) is 76.3 cm³/mol. The zero-order valence-corrected chi connectivity index (χ0v) is 11.9. The fourth-order valence-corrected chi connectivity index (χ4v) is 2.87. The lowest BCUT2D eigenvalue weighted by atomic mass is 9.85. The van der Waals surface area contributed by atoms with Crippen LogP contribution in [0, 0.1) is 5.92 Å². The molecular weight excluding hydrogens is 260 g/mol. The van der Waals surface area contributed by atoms with Gasteiger partial charge in [0.15, 0.2) is 0 Å². The van der Waals surface area contributed by atoms with Gasteiger partial charge in [0.05, 0.1) is 10.6 Å². The van der Waals surface area contributed by atoms with E-state index in [1.807, 2.05) is 12.3 Å². The van der Waals surface area contributed by atoms with Gasteiger partial charge < -0.3 is 10.4 Å². The first-order chi connectivity index (χ1) is 9.24. The summed E-state index contributed by atoms with van der Waals surface area (Å²) in [6, 6.07) is 3.74. The van der Waals surface area contributed by atoms with Gasteiger partial charge in [0.2, 0.25) is 0 Å². The van der Waals surface area contributed by atoms with Crippen LogP contribution in [-0.4, -0.2) is 34.9 Å². The molecule has 1 amide bonds. The maximum Gasteiger partial charge on any atom is 0.253 e. The van der Waals surface area contributed by atoms with Crippen LogP contribution in [0.15, 0.2) is 23.4 Å². The highest BCUT2D eigenvalue weighted by Gasteiger charge is 2.26. The van der Waals surface area contributed by atoms with E-state index < -0.39 is 0 Å². The third-order valence-electron chi connectivity index (χ3n) is 3.67. The number of aromatic nitrogens is 1. The SMILES string of the molecule is CSc1ccc(C(=O)NC2CCCCC2CO)cn1. The van der Waals surface area contributed by atoms with Crippen LogP contribution in [-0.2, 0) is 0 Å². The number of carbonyl (C=O) groups excluding carboxylic acids is 1. The van der Waals surface area contributed by atoms with E-state index in [2.05, 4.69) is 10.3 Å². The van der Waals surface area contributed by atoms with Crippen LogP contribution >= 0.6 is 11.8 Å². The lowest BCUT2D eigenvalue weighted by Gasteiger charge is -2.30. The Balaban J connectivity index is 1.98. The number of hydrogen-bond acceptors (Lipinski definition) is 4. The van der Waals surface area contributed by atoms with Crippen molar-refractivity contribution < 1.29 is 9.90 Å². The number of thioether (sulfide) groups is 1. The Hall–Kier alpha value is -1.07. The Bertz CT molecular complexity index is 422. The van der Waals surface area contributed by atoms with Gasteiger partial charge in [-0.05, 0) is 31.2 Å². The molecule has 1 fully saturated rings. The summed E-state index contributed by atoms with van der Waals surface area (Å²) >= 11 is 1.55. The molecule has 2 N–H and O–H groups in total. The molecule has 104 valence electrons. The van der Waals surface area contributed by atoms with Crippen LogP contribution in [0.2, 0.25) is 0 Å². The monoisotopic (exact) mass is 280 g/mol. The quantitative estimate of drug-likeness (QED) is 0.829. The fraction of sp³-hybridized carbons (Fsp3) is 0.571. The Labute approximate surface area is 118 Å². The van der Waals surface area contributed by atoms with Crippen LogP contribution in [0.3, 0.4) is 0 Å². The van der Waals surface area contributed by atoms with E-state index in [-0.39, 0.29) is 24.5 Å². The molecule has 5 heteroatoms. The minimum absolute atomic E-state index is 0.0893. The molecule has 2 atom stereocenters. The number of aliphatic hydroxyl groups is 1. The second-order valence-electron chi connectivity index (χ2n) is 4.90. The van der Waals surface area contributed by atoms with Gasteiger partial charge in [-0.15, -0.1) is 11.8 Å². The van der Waals surface area contributed by atoms with Crippen LogP contribution in [0.25, 0.3) is 0 Å². The maximum atomic E-state index is 12.1. The molecule has 4 nitrogen and oxygen atoms in total. The molecular formula is C14H20N2O2S. The van der Waals surface area contributed by atoms with Crippen LogP contribution in [0.4, 0.5) is 0 Å². The summed E-state index contributed by atoms with van der Waals surface area (Å²) in [5.74, 6) is 0.0987. The van der Waals surface area contributed by atoms with Gasteiger partial charge >= 0.3 is 0 Å². The number of hydrogen-bond donors (Lipinski definition) is 2. The summed E-state index contributed by atoms with van der Waals surface area (Å²) in [6.45, 7) is 0.147. The van der Waals surface area contributed by atoms with Crippen LogP contribution in [0.1, 0.15) is 36.0 Å². The number of rotatable bonds is 4. The number of pyridine rings is 1. The highest BCUT2D eigenvalue weighted by molar-refractivity contribution is 7.98. The molecule has 2 unspecified atom stereocenters. The molecule has 0 aliphatic heterocycles. The van der Waals surface area contributed by atoms with E-state index in [1.54, 1.807) is 24.0 Å². The average Bonchev–Trinajstić information content (AvgIpc) is 2.48. The van der Waals surface area contributed by atoms with Crippen molar-refractivity contribution in [2.24, 2.45) is 5.92 Å². The Kier molecular flexibility index (Phi) is 5.22. The summed E-state index contributed by atoms with van der Waals surface area (Å²) in [6.07, 6.45) is 7.76. The standard InChI is InChI=1S/C14H20N2O2S/c1-19-13-7-6-10(8-15-13)14(18)16-12-5-3-2-4-11(12)9-17/h6-8,11-12,17H,2-5,9H2,1H3,(H,16,18). The lowest BCUT2D eigenvalue weighted by Crippen LogP contribution is -2.43. The summed E-state index contributed by atoms with van der Waals surface area (Å²) < 4.78 is 0. The molecule has 1 aliphatic carbocycles. The smallest absolute Gasteiger partial charge is 0.253 e. The van der Waals surface area contributed by atoms with Crippen molar-refractivity contribution in [2.75, 3.05) is 12.9 Å². The van der Waals surface area contributed by atoms with Crippen molar-refractivity contribution in [3.05, 3.63) is 23.9 Å². The van der Waals surface area contributed by atoms with E-state index >= 15 is 0 Å². The van der Waals surface area contributed by atoms with Crippen LogP contribution in [0.5, 0.6) is 0 Å². The third kappa shape index (κ3) is 3.70. The van der Waals surface area contributed by atoms with E-state index in [0.29, 0.717) is 5.56 Å². The molecule has 19 heavy (non-hydrogen) atoms. The van der Waals surface area contributed by atoms with Gasteiger partial charge in [0.1, 0.15) is 0 Å². The number of nitrogens with zero attached hydrogens (tertiary/aromatic N) is 1. The average molecular weight is 280 g/mol. The first-order valence-corrected chi connectivity index (χ1v) is 7.89. The normalized spacial score (nSPS) is 23.1.